The van der Waals surface area contributed by atoms with Gasteiger partial charge < -0.3 is 9.88 Å². The lowest BCUT2D eigenvalue weighted by Gasteiger charge is -2.34. The van der Waals surface area contributed by atoms with Crippen LogP contribution in [0, 0.1) is 0 Å². The van der Waals surface area contributed by atoms with Crippen molar-refractivity contribution in [2.24, 2.45) is 4.99 Å². The summed E-state index contributed by atoms with van der Waals surface area (Å²) in [5, 5.41) is 15.3. The minimum Gasteiger partial charge on any atom is -0.351 e. The number of thiophene rings is 2. The predicted octanol–water partition coefficient (Wildman–Crippen LogP) is 13.4. The number of benzene rings is 7. The number of aromatic nitrogens is 1. The van der Waals surface area contributed by atoms with Gasteiger partial charge in [-0.25, -0.2) is 4.99 Å². The standard InChI is InChI=1S/C51H36N4S2/c1-3-12-31(13-4-1)49-52-50(32-14-5-2-6-15-32)54-51(53-49)34-23-26-40-47(29-34)57-45-21-11-18-36(48(40)45)33-22-25-39-41-30-35(24-27-44(41)56-46(39)28-33)55-42-19-9-7-16-37(42)38-17-8-10-20-43(38)55/h1-5,7-14,16-30,50-51,54H,6,15H2,(H,52,53). The lowest BCUT2D eigenvalue weighted by Crippen LogP contribution is -2.52. The summed E-state index contributed by atoms with van der Waals surface area (Å²) in [7, 11) is 0. The first kappa shape index (κ1) is 32.9. The lowest BCUT2D eigenvalue weighted by atomic mass is 9.97. The summed E-state index contributed by atoms with van der Waals surface area (Å²) >= 11 is 3.75. The van der Waals surface area contributed by atoms with Crippen LogP contribution >= 0.6 is 22.7 Å². The molecule has 12 rings (SSSR count). The summed E-state index contributed by atoms with van der Waals surface area (Å²) in [6.45, 7) is 0. The van der Waals surface area contributed by atoms with E-state index in [-0.39, 0.29) is 12.3 Å². The molecule has 7 aromatic carbocycles. The fourth-order valence-electron chi connectivity index (χ4n) is 9.05. The Morgan fingerprint density at radius 3 is 2.18 bits per heavy atom. The highest BCUT2D eigenvalue weighted by Crippen LogP contribution is 2.44. The number of nitrogens with zero attached hydrogens (tertiary/aromatic N) is 2. The van der Waals surface area contributed by atoms with E-state index in [0.717, 1.165) is 24.2 Å². The third-order valence-electron chi connectivity index (χ3n) is 11.8. The summed E-state index contributed by atoms with van der Waals surface area (Å²) in [5.74, 6) is 0.929. The van der Waals surface area contributed by atoms with Crippen LogP contribution in [0.4, 0.5) is 0 Å². The molecule has 272 valence electrons. The SMILES string of the molecule is C1=CCCC(C2NC(c3ccccc3)=NC(c3ccc4c(c3)sc3cccc(-c5ccc6c(c5)sc5ccc(-n7c8ccccc8c8ccccc87)cc56)c34)N2)=C1. The lowest BCUT2D eigenvalue weighted by molar-refractivity contribution is 0.429. The zero-order valence-corrected chi connectivity index (χ0v) is 32.6. The largest absolute Gasteiger partial charge is 0.351 e. The summed E-state index contributed by atoms with van der Waals surface area (Å²) in [6, 6.07) is 55.7. The summed E-state index contributed by atoms with van der Waals surface area (Å²) in [6.07, 6.45) is 8.60. The van der Waals surface area contributed by atoms with E-state index in [9.17, 15) is 0 Å². The van der Waals surface area contributed by atoms with E-state index in [2.05, 4.69) is 185 Å². The van der Waals surface area contributed by atoms with Gasteiger partial charge in [-0.05, 0) is 83.6 Å². The maximum Gasteiger partial charge on any atom is 0.131 e. The van der Waals surface area contributed by atoms with Gasteiger partial charge in [-0.3, -0.25) is 5.32 Å². The number of hydrogen-bond donors (Lipinski definition) is 2. The molecule has 2 atom stereocenters. The van der Waals surface area contributed by atoms with Gasteiger partial charge in [0.05, 0.1) is 11.0 Å². The van der Waals surface area contributed by atoms with Crippen molar-refractivity contribution < 1.29 is 0 Å². The Labute approximate surface area is 337 Å². The normalized spacial score (nSPS) is 17.2. The molecule has 3 aromatic heterocycles. The average Bonchev–Trinajstić information content (AvgIpc) is 3.95. The number of rotatable bonds is 5. The molecule has 0 radical (unpaired) electrons. The maximum atomic E-state index is 5.24. The summed E-state index contributed by atoms with van der Waals surface area (Å²) < 4.78 is 7.61. The van der Waals surface area contributed by atoms with Gasteiger partial charge in [-0.15, -0.1) is 22.7 Å². The van der Waals surface area contributed by atoms with Crippen LogP contribution in [0.1, 0.15) is 30.1 Å². The highest BCUT2D eigenvalue weighted by molar-refractivity contribution is 7.26. The van der Waals surface area contributed by atoms with Crippen molar-refractivity contribution in [3.8, 4) is 16.8 Å². The van der Waals surface area contributed by atoms with E-state index >= 15 is 0 Å². The van der Waals surface area contributed by atoms with Gasteiger partial charge in [-0.2, -0.15) is 0 Å². The van der Waals surface area contributed by atoms with E-state index in [4.69, 9.17) is 4.99 Å². The van der Waals surface area contributed by atoms with Crippen LogP contribution in [-0.4, -0.2) is 16.6 Å². The number of para-hydroxylation sites is 2. The van der Waals surface area contributed by atoms with E-state index in [0.29, 0.717) is 0 Å². The Morgan fingerprint density at radius 1 is 0.579 bits per heavy atom. The fraction of sp³-hybridized carbons (Fsp3) is 0.0784. The number of nitrogens with one attached hydrogen (secondary N) is 2. The van der Waals surface area contributed by atoms with E-state index in [1.165, 1.54) is 90.1 Å². The molecular formula is C51H36N4S2. The van der Waals surface area contributed by atoms with Crippen molar-refractivity contribution in [2.75, 3.05) is 0 Å². The second-order valence-electron chi connectivity index (χ2n) is 15.1. The third kappa shape index (κ3) is 5.40. The number of amidine groups is 1. The molecule has 57 heavy (non-hydrogen) atoms. The highest BCUT2D eigenvalue weighted by atomic mass is 32.1. The van der Waals surface area contributed by atoms with Crippen LogP contribution in [0.5, 0.6) is 0 Å². The van der Waals surface area contributed by atoms with Crippen molar-refractivity contribution in [3.63, 3.8) is 0 Å². The first-order valence-electron chi connectivity index (χ1n) is 19.7. The van der Waals surface area contributed by atoms with Crippen LogP contribution in [0.3, 0.4) is 0 Å². The van der Waals surface area contributed by atoms with Gasteiger partial charge in [0.25, 0.3) is 0 Å². The number of hydrogen-bond acceptors (Lipinski definition) is 5. The van der Waals surface area contributed by atoms with E-state index in [1.807, 2.05) is 22.7 Å². The molecule has 2 aliphatic rings. The van der Waals surface area contributed by atoms with E-state index in [1.54, 1.807) is 0 Å². The fourth-order valence-corrected chi connectivity index (χ4v) is 11.4. The van der Waals surface area contributed by atoms with Crippen LogP contribution in [-0.2, 0) is 0 Å². The van der Waals surface area contributed by atoms with Crippen molar-refractivity contribution in [2.45, 2.75) is 25.2 Å². The van der Waals surface area contributed by atoms with Gasteiger partial charge in [0, 0.05) is 62.4 Å². The Bertz CT molecular complexity index is 3270. The Balaban J connectivity index is 0.932. The minimum atomic E-state index is -0.168. The second kappa shape index (κ2) is 13.1. The van der Waals surface area contributed by atoms with Crippen LogP contribution < -0.4 is 10.6 Å². The molecule has 2 N–H and O–H groups in total. The molecule has 0 saturated heterocycles. The summed E-state index contributed by atoms with van der Waals surface area (Å²) in [5.41, 5.74) is 9.83. The molecule has 0 bridgehead atoms. The van der Waals surface area contributed by atoms with E-state index < -0.39 is 0 Å². The highest BCUT2D eigenvalue weighted by Gasteiger charge is 2.27. The molecule has 2 unspecified atom stereocenters. The van der Waals surface area contributed by atoms with Gasteiger partial charge in [0.1, 0.15) is 18.2 Å². The molecule has 0 saturated carbocycles. The van der Waals surface area contributed by atoms with Crippen molar-refractivity contribution in [3.05, 3.63) is 187 Å². The van der Waals surface area contributed by atoms with Gasteiger partial charge in [0.15, 0.2) is 0 Å². The maximum absolute atomic E-state index is 5.24. The Hall–Kier alpha value is -6.31. The second-order valence-corrected chi connectivity index (χ2v) is 17.3. The smallest absolute Gasteiger partial charge is 0.131 e. The number of fused-ring (bicyclic) bond motifs is 9. The number of allylic oxidation sites excluding steroid dienone is 3. The first-order chi connectivity index (χ1) is 28.2. The van der Waals surface area contributed by atoms with Gasteiger partial charge in [-0.1, -0.05) is 121 Å². The molecular weight excluding hydrogens is 733 g/mol. The number of aliphatic imine (C=N–C) groups is 1. The Kier molecular flexibility index (Phi) is 7.58. The van der Waals surface area contributed by atoms with Crippen molar-refractivity contribution >= 4 is 90.7 Å². The molecule has 1 aliphatic heterocycles. The van der Waals surface area contributed by atoms with Gasteiger partial charge >= 0.3 is 0 Å². The Morgan fingerprint density at radius 2 is 1.35 bits per heavy atom. The molecule has 10 aromatic rings. The van der Waals surface area contributed by atoms with Crippen molar-refractivity contribution in [1.29, 1.82) is 0 Å². The molecule has 0 spiro atoms. The van der Waals surface area contributed by atoms with Crippen LogP contribution in [0.2, 0.25) is 0 Å². The summed E-state index contributed by atoms with van der Waals surface area (Å²) in [4.78, 5) is 5.24. The predicted molar refractivity (Wildman–Crippen MR) is 244 cm³/mol. The quantitative estimate of drug-likeness (QED) is 0.183. The monoisotopic (exact) mass is 768 g/mol. The topological polar surface area (TPSA) is 41.4 Å². The molecule has 6 heteroatoms. The molecule has 4 nitrogen and oxygen atoms in total. The van der Waals surface area contributed by atoms with Gasteiger partial charge in [0.2, 0.25) is 0 Å². The van der Waals surface area contributed by atoms with Crippen LogP contribution in [0.15, 0.2) is 180 Å². The van der Waals surface area contributed by atoms with Crippen molar-refractivity contribution in [1.82, 2.24) is 15.2 Å². The zero-order valence-electron chi connectivity index (χ0n) is 30.9. The van der Waals surface area contributed by atoms with Crippen LogP contribution in [0.25, 0.3) is 79.0 Å². The minimum absolute atomic E-state index is 0.0152. The molecule has 0 fully saturated rings. The third-order valence-corrected chi connectivity index (χ3v) is 14.0. The first-order valence-corrected chi connectivity index (χ1v) is 21.3. The molecule has 0 amide bonds. The molecule has 4 heterocycles. The molecule has 1 aliphatic carbocycles. The average molecular weight is 769 g/mol. The zero-order chi connectivity index (χ0) is 37.5.